The Kier molecular flexibility index (Phi) is 3.27. The van der Waals surface area contributed by atoms with E-state index in [0.717, 1.165) is 18.8 Å². The van der Waals surface area contributed by atoms with Gasteiger partial charge in [0.15, 0.2) is 0 Å². The average molecular weight is 231 g/mol. The number of nitrogens with two attached hydrogens (primary N) is 1. The van der Waals surface area contributed by atoms with Crippen LogP contribution >= 0.6 is 0 Å². The number of hydrogen-bond donors (Lipinski definition) is 1. The second-order valence-electron chi connectivity index (χ2n) is 3.99. The molecule has 0 aliphatic carbocycles. The smallest absolute Gasteiger partial charge is 0.0738 e. The van der Waals surface area contributed by atoms with Gasteiger partial charge in [0, 0.05) is 38.1 Å². The highest BCUT2D eigenvalue weighted by Crippen LogP contribution is 2.21. The van der Waals surface area contributed by atoms with E-state index in [4.69, 9.17) is 5.73 Å². The molecule has 5 heteroatoms. The molecule has 0 aliphatic heterocycles. The molecule has 0 atom stereocenters. The monoisotopic (exact) mass is 231 g/mol. The van der Waals surface area contributed by atoms with Gasteiger partial charge in [-0.3, -0.25) is 9.67 Å². The summed E-state index contributed by atoms with van der Waals surface area (Å²) in [7, 11) is 2.01. The standard InChI is InChI=1S/C12H17N5/c1-3-17-9-10(6-15-17)8-16(2)12-4-5-14-7-11(12)13/h4-7,9H,3,8,13H2,1-2H3. The molecule has 0 fully saturated rings. The molecular formula is C12H17N5. The van der Waals surface area contributed by atoms with Crippen molar-refractivity contribution in [3.05, 3.63) is 36.4 Å². The van der Waals surface area contributed by atoms with E-state index >= 15 is 0 Å². The predicted molar refractivity (Wildman–Crippen MR) is 68.7 cm³/mol. The fraction of sp³-hybridized carbons (Fsp3) is 0.333. The number of nitrogen functional groups attached to an aromatic ring is 1. The van der Waals surface area contributed by atoms with E-state index < -0.39 is 0 Å². The van der Waals surface area contributed by atoms with E-state index in [1.54, 1.807) is 12.4 Å². The molecule has 90 valence electrons. The number of anilines is 2. The topological polar surface area (TPSA) is 60.0 Å². The molecule has 2 heterocycles. The number of rotatable bonds is 4. The summed E-state index contributed by atoms with van der Waals surface area (Å²) < 4.78 is 1.92. The van der Waals surface area contributed by atoms with Crippen LogP contribution in [0.25, 0.3) is 0 Å². The summed E-state index contributed by atoms with van der Waals surface area (Å²) in [6.07, 6.45) is 7.35. The van der Waals surface area contributed by atoms with E-state index in [0.29, 0.717) is 5.69 Å². The Hall–Kier alpha value is -2.04. The summed E-state index contributed by atoms with van der Waals surface area (Å²) in [4.78, 5) is 6.07. The third kappa shape index (κ3) is 2.55. The van der Waals surface area contributed by atoms with Crippen molar-refractivity contribution in [1.82, 2.24) is 14.8 Å². The zero-order chi connectivity index (χ0) is 12.3. The first-order valence-electron chi connectivity index (χ1n) is 5.62. The van der Waals surface area contributed by atoms with Crippen LogP contribution in [0.3, 0.4) is 0 Å². The predicted octanol–water partition coefficient (Wildman–Crippen LogP) is 1.52. The number of pyridine rings is 1. The molecular weight excluding hydrogens is 214 g/mol. The molecule has 2 aromatic heterocycles. The van der Waals surface area contributed by atoms with Gasteiger partial charge in [0.25, 0.3) is 0 Å². The molecule has 0 bridgehead atoms. The van der Waals surface area contributed by atoms with E-state index in [2.05, 4.69) is 21.9 Å². The van der Waals surface area contributed by atoms with Gasteiger partial charge in [-0.2, -0.15) is 5.10 Å². The molecule has 0 aromatic carbocycles. The first-order chi connectivity index (χ1) is 8.20. The van der Waals surface area contributed by atoms with E-state index in [1.807, 2.05) is 30.2 Å². The average Bonchev–Trinajstić information content (AvgIpc) is 2.77. The van der Waals surface area contributed by atoms with Gasteiger partial charge < -0.3 is 10.6 Å². The van der Waals surface area contributed by atoms with Crippen LogP contribution < -0.4 is 10.6 Å². The molecule has 0 saturated carbocycles. The Morgan fingerprint density at radius 1 is 1.41 bits per heavy atom. The van der Waals surface area contributed by atoms with Crippen LogP contribution in [-0.2, 0) is 13.1 Å². The molecule has 0 radical (unpaired) electrons. The van der Waals surface area contributed by atoms with Crippen molar-refractivity contribution >= 4 is 11.4 Å². The first kappa shape index (κ1) is 11.4. The SMILES string of the molecule is CCn1cc(CN(C)c2ccncc2N)cn1. The molecule has 2 rings (SSSR count). The Balaban J connectivity index is 2.11. The van der Waals surface area contributed by atoms with Crippen molar-refractivity contribution in [1.29, 1.82) is 0 Å². The summed E-state index contributed by atoms with van der Waals surface area (Å²) in [5.74, 6) is 0. The van der Waals surface area contributed by atoms with Gasteiger partial charge in [0.1, 0.15) is 0 Å². The van der Waals surface area contributed by atoms with Crippen LogP contribution in [0.5, 0.6) is 0 Å². The van der Waals surface area contributed by atoms with Gasteiger partial charge in [-0.1, -0.05) is 0 Å². The molecule has 17 heavy (non-hydrogen) atoms. The van der Waals surface area contributed by atoms with Gasteiger partial charge in [-0.25, -0.2) is 0 Å². The third-order valence-corrected chi connectivity index (χ3v) is 2.67. The highest BCUT2D eigenvalue weighted by atomic mass is 15.3. The van der Waals surface area contributed by atoms with Crippen molar-refractivity contribution < 1.29 is 0 Å². The Morgan fingerprint density at radius 2 is 2.24 bits per heavy atom. The summed E-state index contributed by atoms with van der Waals surface area (Å²) in [5.41, 5.74) is 8.74. The Bertz CT molecular complexity index is 491. The highest BCUT2D eigenvalue weighted by Gasteiger charge is 2.06. The lowest BCUT2D eigenvalue weighted by Gasteiger charge is -2.19. The van der Waals surface area contributed by atoms with Crippen molar-refractivity contribution in [2.45, 2.75) is 20.0 Å². The van der Waals surface area contributed by atoms with E-state index in [9.17, 15) is 0 Å². The second-order valence-corrected chi connectivity index (χ2v) is 3.99. The van der Waals surface area contributed by atoms with Crippen LogP contribution in [0, 0.1) is 0 Å². The minimum atomic E-state index is 0.692. The maximum Gasteiger partial charge on any atom is 0.0738 e. The molecule has 2 N–H and O–H groups in total. The fourth-order valence-corrected chi connectivity index (χ4v) is 1.77. The van der Waals surface area contributed by atoms with Crippen LogP contribution in [0.15, 0.2) is 30.9 Å². The normalized spacial score (nSPS) is 10.5. The largest absolute Gasteiger partial charge is 0.396 e. The number of aryl methyl sites for hydroxylation is 1. The van der Waals surface area contributed by atoms with Crippen LogP contribution in [0.2, 0.25) is 0 Å². The Labute approximate surface area is 101 Å². The zero-order valence-corrected chi connectivity index (χ0v) is 10.2. The van der Waals surface area contributed by atoms with Crippen molar-refractivity contribution in [3.63, 3.8) is 0 Å². The lowest BCUT2D eigenvalue weighted by Crippen LogP contribution is -2.17. The van der Waals surface area contributed by atoms with Gasteiger partial charge in [0.2, 0.25) is 0 Å². The first-order valence-corrected chi connectivity index (χ1v) is 5.62. The molecule has 5 nitrogen and oxygen atoms in total. The van der Waals surface area contributed by atoms with Gasteiger partial charge in [-0.15, -0.1) is 0 Å². The van der Waals surface area contributed by atoms with Gasteiger partial charge in [-0.05, 0) is 13.0 Å². The van der Waals surface area contributed by atoms with Crippen molar-refractivity contribution in [2.24, 2.45) is 0 Å². The van der Waals surface area contributed by atoms with Crippen molar-refractivity contribution in [3.8, 4) is 0 Å². The van der Waals surface area contributed by atoms with Crippen LogP contribution in [0.4, 0.5) is 11.4 Å². The minimum absolute atomic E-state index is 0.692. The zero-order valence-electron chi connectivity index (χ0n) is 10.2. The number of aromatic nitrogens is 3. The number of hydrogen-bond acceptors (Lipinski definition) is 4. The summed E-state index contributed by atoms with van der Waals surface area (Å²) in [6.45, 7) is 3.75. The van der Waals surface area contributed by atoms with Crippen LogP contribution in [-0.4, -0.2) is 21.8 Å². The lowest BCUT2D eigenvalue weighted by molar-refractivity contribution is 0.659. The van der Waals surface area contributed by atoms with E-state index in [-0.39, 0.29) is 0 Å². The third-order valence-electron chi connectivity index (χ3n) is 2.67. The van der Waals surface area contributed by atoms with Gasteiger partial charge >= 0.3 is 0 Å². The molecule has 0 spiro atoms. The summed E-state index contributed by atoms with van der Waals surface area (Å²) in [5, 5.41) is 4.25. The fourth-order valence-electron chi connectivity index (χ4n) is 1.77. The molecule has 2 aromatic rings. The molecule has 0 amide bonds. The lowest BCUT2D eigenvalue weighted by atomic mass is 10.3. The molecule has 0 unspecified atom stereocenters. The minimum Gasteiger partial charge on any atom is -0.396 e. The molecule has 0 aliphatic rings. The van der Waals surface area contributed by atoms with E-state index in [1.165, 1.54) is 5.56 Å². The maximum atomic E-state index is 5.88. The quantitative estimate of drug-likeness (QED) is 0.866. The van der Waals surface area contributed by atoms with Gasteiger partial charge in [0.05, 0.1) is 23.8 Å². The Morgan fingerprint density at radius 3 is 2.88 bits per heavy atom. The summed E-state index contributed by atoms with van der Waals surface area (Å²) >= 11 is 0. The van der Waals surface area contributed by atoms with Crippen LogP contribution in [0.1, 0.15) is 12.5 Å². The molecule has 0 saturated heterocycles. The second kappa shape index (κ2) is 4.86. The summed E-state index contributed by atoms with van der Waals surface area (Å²) in [6, 6.07) is 1.92. The van der Waals surface area contributed by atoms with Crippen molar-refractivity contribution in [2.75, 3.05) is 17.7 Å². The highest BCUT2D eigenvalue weighted by molar-refractivity contribution is 5.65. The maximum absolute atomic E-state index is 5.88. The number of nitrogens with zero attached hydrogens (tertiary/aromatic N) is 4.